The Bertz CT molecular complexity index is 334. The lowest BCUT2D eigenvalue weighted by molar-refractivity contribution is 0.149. The molecule has 17 heavy (non-hydrogen) atoms. The van der Waals surface area contributed by atoms with Crippen LogP contribution in [0.2, 0.25) is 0 Å². The highest BCUT2D eigenvalue weighted by atomic mass is 16.5. The Kier molecular flexibility index (Phi) is 6.22. The Balaban J connectivity index is 2.32. The molecule has 0 bridgehead atoms. The van der Waals surface area contributed by atoms with Gasteiger partial charge in [0.1, 0.15) is 0 Å². The molecule has 1 rings (SSSR count). The van der Waals surface area contributed by atoms with E-state index in [1.807, 2.05) is 6.92 Å². The summed E-state index contributed by atoms with van der Waals surface area (Å²) in [4.78, 5) is 0. The van der Waals surface area contributed by atoms with Gasteiger partial charge in [-0.3, -0.25) is 4.68 Å². The Hall–Kier alpha value is -0.870. The zero-order valence-electron chi connectivity index (χ0n) is 11.5. The number of hydrogen-bond acceptors (Lipinski definition) is 3. The van der Waals surface area contributed by atoms with E-state index in [0.29, 0.717) is 0 Å². The average Bonchev–Trinajstić information content (AvgIpc) is 2.58. The maximum atomic E-state index is 5.27. The fourth-order valence-electron chi connectivity index (χ4n) is 2.06. The van der Waals surface area contributed by atoms with Crippen LogP contribution in [0.1, 0.15) is 30.8 Å². The molecule has 0 atom stereocenters. The van der Waals surface area contributed by atoms with Crippen molar-refractivity contribution in [3.05, 3.63) is 17.0 Å². The lowest BCUT2D eigenvalue weighted by Gasteiger charge is -2.07. The first-order chi connectivity index (χ1) is 8.20. The molecular formula is C13H25N3O. The van der Waals surface area contributed by atoms with E-state index >= 15 is 0 Å². The number of ether oxygens (including phenoxy) is 1. The standard InChI is InChI=1S/C13H25N3O/c1-5-13-11(3)15-16(12(13)4)9-7-14-8-10-17-6-2/h14H,5-10H2,1-4H3. The quantitative estimate of drug-likeness (QED) is 0.702. The molecule has 1 N–H and O–H groups in total. The van der Waals surface area contributed by atoms with Crippen molar-refractivity contribution in [2.24, 2.45) is 0 Å². The van der Waals surface area contributed by atoms with Gasteiger partial charge in [-0.15, -0.1) is 0 Å². The molecule has 0 spiro atoms. The first-order valence-electron chi connectivity index (χ1n) is 6.52. The molecule has 1 aromatic rings. The normalized spacial score (nSPS) is 11.1. The summed E-state index contributed by atoms with van der Waals surface area (Å²) in [6.07, 6.45) is 1.06. The highest BCUT2D eigenvalue weighted by Crippen LogP contribution is 2.12. The SMILES string of the molecule is CCOCCNCCn1nc(C)c(CC)c1C. The Morgan fingerprint density at radius 2 is 2.00 bits per heavy atom. The minimum Gasteiger partial charge on any atom is -0.380 e. The molecule has 0 amide bonds. The fraction of sp³-hybridized carbons (Fsp3) is 0.769. The van der Waals surface area contributed by atoms with Crippen LogP contribution < -0.4 is 5.32 Å². The summed E-state index contributed by atoms with van der Waals surface area (Å²) in [6, 6.07) is 0. The summed E-state index contributed by atoms with van der Waals surface area (Å²) >= 11 is 0. The Labute approximate surface area is 104 Å². The number of nitrogens with one attached hydrogen (secondary N) is 1. The summed E-state index contributed by atoms with van der Waals surface area (Å²) < 4.78 is 7.36. The maximum absolute atomic E-state index is 5.27. The first kappa shape index (κ1) is 14.2. The monoisotopic (exact) mass is 239 g/mol. The van der Waals surface area contributed by atoms with Gasteiger partial charge in [-0.1, -0.05) is 6.92 Å². The number of nitrogens with zero attached hydrogens (tertiary/aromatic N) is 2. The molecule has 0 aliphatic heterocycles. The topological polar surface area (TPSA) is 39.1 Å². The summed E-state index contributed by atoms with van der Waals surface area (Å²) in [5.41, 5.74) is 3.86. The van der Waals surface area contributed by atoms with Crippen LogP contribution in [0.15, 0.2) is 0 Å². The van der Waals surface area contributed by atoms with Gasteiger partial charge in [-0.25, -0.2) is 0 Å². The highest BCUT2D eigenvalue weighted by molar-refractivity contribution is 5.24. The van der Waals surface area contributed by atoms with Crippen molar-refractivity contribution < 1.29 is 4.74 Å². The van der Waals surface area contributed by atoms with Gasteiger partial charge in [-0.05, 0) is 32.8 Å². The molecule has 0 aromatic carbocycles. The number of rotatable bonds is 8. The van der Waals surface area contributed by atoms with Crippen molar-refractivity contribution in [1.29, 1.82) is 0 Å². The second-order valence-electron chi connectivity index (χ2n) is 4.17. The molecule has 0 fully saturated rings. The van der Waals surface area contributed by atoms with Crippen molar-refractivity contribution in [3.63, 3.8) is 0 Å². The van der Waals surface area contributed by atoms with E-state index in [-0.39, 0.29) is 0 Å². The van der Waals surface area contributed by atoms with Crippen LogP contribution in [0, 0.1) is 13.8 Å². The third kappa shape index (κ3) is 4.13. The molecular weight excluding hydrogens is 214 g/mol. The summed E-state index contributed by atoms with van der Waals surface area (Å²) in [6.45, 7) is 12.8. The number of aromatic nitrogens is 2. The molecule has 0 saturated heterocycles. The molecule has 1 heterocycles. The van der Waals surface area contributed by atoms with Gasteiger partial charge >= 0.3 is 0 Å². The highest BCUT2D eigenvalue weighted by Gasteiger charge is 2.08. The maximum Gasteiger partial charge on any atom is 0.0628 e. The average molecular weight is 239 g/mol. The fourth-order valence-corrected chi connectivity index (χ4v) is 2.06. The zero-order valence-corrected chi connectivity index (χ0v) is 11.5. The van der Waals surface area contributed by atoms with Gasteiger partial charge < -0.3 is 10.1 Å². The van der Waals surface area contributed by atoms with Crippen LogP contribution in [-0.4, -0.2) is 36.1 Å². The minimum absolute atomic E-state index is 0.786. The molecule has 0 aliphatic carbocycles. The van der Waals surface area contributed by atoms with Gasteiger partial charge in [0.2, 0.25) is 0 Å². The van der Waals surface area contributed by atoms with Crippen molar-refractivity contribution in [2.75, 3.05) is 26.3 Å². The van der Waals surface area contributed by atoms with Crippen LogP contribution in [0.25, 0.3) is 0 Å². The van der Waals surface area contributed by atoms with Crippen LogP contribution >= 0.6 is 0 Å². The predicted molar refractivity (Wildman–Crippen MR) is 70.4 cm³/mol. The molecule has 0 unspecified atom stereocenters. The van der Waals surface area contributed by atoms with Gasteiger partial charge in [0, 0.05) is 25.4 Å². The van der Waals surface area contributed by atoms with Gasteiger partial charge in [0.25, 0.3) is 0 Å². The Morgan fingerprint density at radius 3 is 2.59 bits per heavy atom. The number of aryl methyl sites for hydroxylation is 1. The van der Waals surface area contributed by atoms with Crippen LogP contribution in [0.5, 0.6) is 0 Å². The van der Waals surface area contributed by atoms with E-state index < -0.39 is 0 Å². The summed E-state index contributed by atoms with van der Waals surface area (Å²) in [7, 11) is 0. The molecule has 4 nitrogen and oxygen atoms in total. The summed E-state index contributed by atoms with van der Waals surface area (Å²) in [5.74, 6) is 0. The first-order valence-corrected chi connectivity index (χ1v) is 6.52. The van der Waals surface area contributed by atoms with E-state index in [4.69, 9.17) is 4.74 Å². The largest absolute Gasteiger partial charge is 0.380 e. The molecule has 0 radical (unpaired) electrons. The van der Waals surface area contributed by atoms with E-state index in [1.165, 1.54) is 17.0 Å². The van der Waals surface area contributed by atoms with E-state index in [0.717, 1.165) is 39.3 Å². The van der Waals surface area contributed by atoms with E-state index in [2.05, 4.69) is 35.9 Å². The van der Waals surface area contributed by atoms with Gasteiger partial charge in [0.15, 0.2) is 0 Å². The third-order valence-corrected chi connectivity index (χ3v) is 3.01. The minimum atomic E-state index is 0.786. The lowest BCUT2D eigenvalue weighted by atomic mass is 10.1. The van der Waals surface area contributed by atoms with Crippen LogP contribution in [0.4, 0.5) is 0 Å². The molecule has 1 aromatic heterocycles. The smallest absolute Gasteiger partial charge is 0.0628 e. The lowest BCUT2D eigenvalue weighted by Crippen LogP contribution is -2.24. The van der Waals surface area contributed by atoms with Crippen LogP contribution in [0.3, 0.4) is 0 Å². The van der Waals surface area contributed by atoms with Crippen molar-refractivity contribution in [2.45, 2.75) is 40.7 Å². The Morgan fingerprint density at radius 1 is 1.24 bits per heavy atom. The van der Waals surface area contributed by atoms with Crippen molar-refractivity contribution in [1.82, 2.24) is 15.1 Å². The molecule has 0 aliphatic rings. The van der Waals surface area contributed by atoms with Crippen LogP contribution in [-0.2, 0) is 17.7 Å². The molecule has 98 valence electrons. The van der Waals surface area contributed by atoms with E-state index in [1.54, 1.807) is 0 Å². The molecule has 0 saturated carbocycles. The second kappa shape index (κ2) is 7.45. The zero-order chi connectivity index (χ0) is 12.7. The summed E-state index contributed by atoms with van der Waals surface area (Å²) in [5, 5.41) is 7.92. The van der Waals surface area contributed by atoms with E-state index in [9.17, 15) is 0 Å². The van der Waals surface area contributed by atoms with Gasteiger partial charge in [0.05, 0.1) is 18.8 Å². The number of hydrogen-bond donors (Lipinski definition) is 1. The predicted octanol–water partition coefficient (Wildman–Crippen LogP) is 1.69. The third-order valence-electron chi connectivity index (χ3n) is 3.01. The van der Waals surface area contributed by atoms with Crippen molar-refractivity contribution in [3.8, 4) is 0 Å². The molecule has 4 heteroatoms. The second-order valence-corrected chi connectivity index (χ2v) is 4.17. The van der Waals surface area contributed by atoms with Crippen molar-refractivity contribution >= 4 is 0 Å². The van der Waals surface area contributed by atoms with Gasteiger partial charge in [-0.2, -0.15) is 5.10 Å².